The minimum absolute atomic E-state index is 0.0810. The van der Waals surface area contributed by atoms with Gasteiger partial charge >= 0.3 is 5.97 Å². The molecule has 0 spiro atoms. The van der Waals surface area contributed by atoms with Gasteiger partial charge in [0.2, 0.25) is 11.7 Å². The van der Waals surface area contributed by atoms with Crippen LogP contribution in [0, 0.1) is 6.92 Å². The Balaban J connectivity index is 1.84. The van der Waals surface area contributed by atoms with Crippen LogP contribution in [-0.4, -0.2) is 36.2 Å². The number of carboxylic acids is 1. The quantitative estimate of drug-likeness (QED) is 0.775. The Bertz CT molecular complexity index is 746. The minimum atomic E-state index is -1.11. The molecule has 20 heavy (non-hydrogen) atoms. The summed E-state index contributed by atoms with van der Waals surface area (Å²) >= 11 is 1.54. The van der Waals surface area contributed by atoms with Crippen LogP contribution in [0.25, 0.3) is 11.4 Å². The topological polar surface area (TPSA) is 107 Å². The second-order valence-electron chi connectivity index (χ2n) is 4.01. The molecular weight excluding hydrogens is 282 g/mol. The molecule has 8 nitrogen and oxygen atoms in total. The highest BCUT2D eigenvalue weighted by molar-refractivity contribution is 7.08. The van der Waals surface area contributed by atoms with Gasteiger partial charge in [-0.05, 0) is 18.4 Å². The van der Waals surface area contributed by atoms with E-state index in [1.165, 1.54) is 4.68 Å². The van der Waals surface area contributed by atoms with E-state index in [9.17, 15) is 4.79 Å². The maximum atomic E-state index is 10.9. The number of thiophene rings is 1. The Kier molecular flexibility index (Phi) is 3.03. The summed E-state index contributed by atoms with van der Waals surface area (Å²) in [6.45, 7) is 1.81. The Labute approximate surface area is 116 Å². The van der Waals surface area contributed by atoms with E-state index in [4.69, 9.17) is 9.63 Å². The maximum absolute atomic E-state index is 10.9. The SMILES string of the molecule is Cc1c(C(=O)O)nnn1Cc1nc(-c2ccsc2)no1. The van der Waals surface area contributed by atoms with Crippen molar-refractivity contribution in [1.29, 1.82) is 0 Å². The maximum Gasteiger partial charge on any atom is 0.358 e. The molecule has 0 atom stereocenters. The molecule has 9 heteroatoms. The molecule has 0 unspecified atom stereocenters. The number of rotatable bonds is 4. The second-order valence-corrected chi connectivity index (χ2v) is 4.79. The lowest BCUT2D eigenvalue weighted by Crippen LogP contribution is -2.06. The van der Waals surface area contributed by atoms with E-state index < -0.39 is 5.97 Å². The summed E-state index contributed by atoms with van der Waals surface area (Å²) in [5.41, 5.74) is 1.24. The summed E-state index contributed by atoms with van der Waals surface area (Å²) in [5.74, 6) is -0.271. The molecule has 0 radical (unpaired) electrons. The number of aromatic nitrogens is 5. The molecule has 0 aliphatic rings. The van der Waals surface area contributed by atoms with Crippen molar-refractivity contribution in [2.45, 2.75) is 13.5 Å². The Hall–Kier alpha value is -2.55. The highest BCUT2D eigenvalue weighted by atomic mass is 32.1. The van der Waals surface area contributed by atoms with Crippen molar-refractivity contribution in [3.8, 4) is 11.4 Å². The number of carboxylic acid groups (broad SMARTS) is 1. The first-order valence-corrected chi connectivity index (χ1v) is 6.58. The van der Waals surface area contributed by atoms with Crippen LogP contribution in [-0.2, 0) is 6.54 Å². The molecule has 0 bridgehead atoms. The van der Waals surface area contributed by atoms with E-state index in [0.29, 0.717) is 17.4 Å². The van der Waals surface area contributed by atoms with E-state index in [0.717, 1.165) is 5.56 Å². The third kappa shape index (κ3) is 2.18. The van der Waals surface area contributed by atoms with Crippen molar-refractivity contribution in [2.75, 3.05) is 0 Å². The number of hydrogen-bond donors (Lipinski definition) is 1. The van der Waals surface area contributed by atoms with E-state index >= 15 is 0 Å². The summed E-state index contributed by atoms with van der Waals surface area (Å²) in [6, 6.07) is 1.89. The van der Waals surface area contributed by atoms with Gasteiger partial charge in [-0.25, -0.2) is 9.48 Å². The summed E-state index contributed by atoms with van der Waals surface area (Å²) in [7, 11) is 0. The van der Waals surface area contributed by atoms with E-state index in [2.05, 4.69) is 20.5 Å². The van der Waals surface area contributed by atoms with Gasteiger partial charge in [0, 0.05) is 10.9 Å². The Morgan fingerprint density at radius 1 is 1.55 bits per heavy atom. The van der Waals surface area contributed by atoms with Crippen LogP contribution in [0.3, 0.4) is 0 Å². The summed E-state index contributed by atoms with van der Waals surface area (Å²) in [6.07, 6.45) is 0. The predicted octanol–water partition coefficient (Wildman–Crippen LogP) is 1.44. The number of carbonyl (C=O) groups is 1. The first-order valence-electron chi connectivity index (χ1n) is 5.63. The Morgan fingerprint density at radius 3 is 3.05 bits per heavy atom. The third-order valence-corrected chi connectivity index (χ3v) is 3.40. The van der Waals surface area contributed by atoms with Gasteiger partial charge in [0.15, 0.2) is 5.69 Å². The summed E-state index contributed by atoms with van der Waals surface area (Å²) < 4.78 is 6.54. The van der Waals surface area contributed by atoms with Crippen LogP contribution in [0.1, 0.15) is 22.1 Å². The second kappa shape index (κ2) is 4.85. The van der Waals surface area contributed by atoms with Gasteiger partial charge in [0.1, 0.15) is 6.54 Å². The van der Waals surface area contributed by atoms with Gasteiger partial charge in [-0.2, -0.15) is 16.3 Å². The zero-order chi connectivity index (χ0) is 14.1. The fourth-order valence-corrected chi connectivity index (χ4v) is 2.30. The van der Waals surface area contributed by atoms with Gasteiger partial charge < -0.3 is 9.63 Å². The zero-order valence-corrected chi connectivity index (χ0v) is 11.2. The first-order chi connectivity index (χ1) is 9.65. The molecule has 0 saturated carbocycles. The standard InChI is InChI=1S/C11H9N5O3S/c1-6-9(11(17)18)13-15-16(6)4-8-12-10(14-19-8)7-2-3-20-5-7/h2-3,5H,4H2,1H3,(H,17,18). The summed E-state index contributed by atoms with van der Waals surface area (Å²) in [5, 5.41) is 24.0. The van der Waals surface area contributed by atoms with Gasteiger partial charge in [-0.15, -0.1) is 5.10 Å². The largest absolute Gasteiger partial charge is 0.476 e. The molecule has 0 aromatic carbocycles. The van der Waals surface area contributed by atoms with E-state index in [1.807, 2.05) is 16.8 Å². The van der Waals surface area contributed by atoms with Gasteiger partial charge in [-0.3, -0.25) is 0 Å². The lowest BCUT2D eigenvalue weighted by molar-refractivity contribution is 0.0689. The minimum Gasteiger partial charge on any atom is -0.476 e. The summed E-state index contributed by atoms with van der Waals surface area (Å²) in [4.78, 5) is 15.1. The van der Waals surface area contributed by atoms with E-state index in [1.54, 1.807) is 18.3 Å². The Morgan fingerprint density at radius 2 is 2.40 bits per heavy atom. The van der Waals surface area contributed by atoms with Crippen molar-refractivity contribution >= 4 is 17.3 Å². The van der Waals surface area contributed by atoms with Crippen LogP contribution in [0.4, 0.5) is 0 Å². The van der Waals surface area contributed by atoms with E-state index in [-0.39, 0.29) is 12.2 Å². The van der Waals surface area contributed by atoms with Crippen LogP contribution in [0.5, 0.6) is 0 Å². The van der Waals surface area contributed by atoms with Crippen molar-refractivity contribution in [3.63, 3.8) is 0 Å². The molecular formula is C11H9N5O3S. The highest BCUT2D eigenvalue weighted by Crippen LogP contribution is 2.19. The first kappa shape index (κ1) is 12.5. The molecule has 0 saturated heterocycles. The molecule has 0 fully saturated rings. The molecule has 0 aliphatic carbocycles. The van der Waals surface area contributed by atoms with Crippen molar-refractivity contribution in [2.24, 2.45) is 0 Å². The molecule has 3 aromatic rings. The fourth-order valence-electron chi connectivity index (χ4n) is 1.66. The average Bonchev–Trinajstić information content (AvgIpc) is 3.12. The van der Waals surface area contributed by atoms with Gasteiger partial charge in [-0.1, -0.05) is 10.4 Å². The normalized spacial score (nSPS) is 10.8. The van der Waals surface area contributed by atoms with Gasteiger partial charge in [0.05, 0.1) is 5.69 Å². The highest BCUT2D eigenvalue weighted by Gasteiger charge is 2.17. The fraction of sp³-hybridized carbons (Fsp3) is 0.182. The number of aromatic carboxylic acids is 1. The molecule has 3 aromatic heterocycles. The zero-order valence-electron chi connectivity index (χ0n) is 10.3. The molecule has 0 amide bonds. The predicted molar refractivity (Wildman–Crippen MR) is 68.4 cm³/mol. The lowest BCUT2D eigenvalue weighted by Gasteiger charge is -1.97. The smallest absolute Gasteiger partial charge is 0.358 e. The van der Waals surface area contributed by atoms with Crippen LogP contribution >= 0.6 is 11.3 Å². The lowest BCUT2D eigenvalue weighted by atomic mass is 10.3. The van der Waals surface area contributed by atoms with Crippen molar-refractivity contribution < 1.29 is 14.4 Å². The van der Waals surface area contributed by atoms with Crippen LogP contribution in [0.2, 0.25) is 0 Å². The molecule has 102 valence electrons. The average molecular weight is 291 g/mol. The van der Waals surface area contributed by atoms with Crippen molar-refractivity contribution in [3.05, 3.63) is 34.1 Å². The molecule has 1 N–H and O–H groups in total. The molecule has 3 heterocycles. The van der Waals surface area contributed by atoms with Crippen molar-refractivity contribution in [1.82, 2.24) is 25.1 Å². The van der Waals surface area contributed by atoms with Crippen LogP contribution in [0.15, 0.2) is 21.3 Å². The third-order valence-electron chi connectivity index (χ3n) is 2.72. The number of hydrogen-bond acceptors (Lipinski definition) is 7. The van der Waals surface area contributed by atoms with Gasteiger partial charge in [0.25, 0.3) is 0 Å². The molecule has 3 rings (SSSR count). The molecule has 0 aliphatic heterocycles. The number of nitrogens with zero attached hydrogens (tertiary/aromatic N) is 5. The monoisotopic (exact) mass is 291 g/mol. The van der Waals surface area contributed by atoms with Crippen LogP contribution < -0.4 is 0 Å².